The second-order valence-corrected chi connectivity index (χ2v) is 8.55. The van der Waals surface area contributed by atoms with Crippen LogP contribution in [0.1, 0.15) is 26.7 Å². The second kappa shape index (κ2) is 8.59. The SMILES string of the molecule is COc1ccccc1N1CCN([C@H]2CCCN(CC(C)(C)CO)C2)CC1. The number of aliphatic hydroxyl groups is 1. The van der Waals surface area contributed by atoms with Crippen molar-refractivity contribution in [2.75, 3.05) is 64.4 Å². The topological polar surface area (TPSA) is 39.2 Å². The number of nitrogens with zero attached hydrogens (tertiary/aromatic N) is 3. The summed E-state index contributed by atoms with van der Waals surface area (Å²) < 4.78 is 5.53. The molecule has 1 aromatic rings. The van der Waals surface area contributed by atoms with Gasteiger partial charge in [0, 0.05) is 57.3 Å². The van der Waals surface area contributed by atoms with Crippen molar-refractivity contribution >= 4 is 5.69 Å². The van der Waals surface area contributed by atoms with Gasteiger partial charge in [-0.05, 0) is 31.5 Å². The highest BCUT2D eigenvalue weighted by Crippen LogP contribution is 2.29. The summed E-state index contributed by atoms with van der Waals surface area (Å²) >= 11 is 0. The summed E-state index contributed by atoms with van der Waals surface area (Å²) in [5.74, 6) is 0.969. The van der Waals surface area contributed by atoms with E-state index in [9.17, 15) is 5.11 Å². The van der Waals surface area contributed by atoms with Crippen molar-refractivity contribution in [1.82, 2.24) is 9.80 Å². The average molecular weight is 362 g/mol. The Kier molecular flexibility index (Phi) is 6.43. The van der Waals surface area contributed by atoms with Crippen LogP contribution in [0.3, 0.4) is 0 Å². The molecule has 0 radical (unpaired) electrons. The molecule has 5 nitrogen and oxygen atoms in total. The van der Waals surface area contributed by atoms with Gasteiger partial charge < -0.3 is 19.6 Å². The molecule has 0 spiro atoms. The molecule has 146 valence electrons. The lowest BCUT2D eigenvalue weighted by Gasteiger charge is -2.45. The number of rotatable bonds is 6. The molecule has 26 heavy (non-hydrogen) atoms. The maximum Gasteiger partial charge on any atom is 0.142 e. The molecule has 1 N–H and O–H groups in total. The van der Waals surface area contributed by atoms with Gasteiger partial charge in [0.25, 0.3) is 0 Å². The van der Waals surface area contributed by atoms with E-state index in [0.29, 0.717) is 6.04 Å². The zero-order chi connectivity index (χ0) is 18.6. The first-order chi connectivity index (χ1) is 12.5. The Morgan fingerprint density at radius 2 is 1.85 bits per heavy atom. The quantitative estimate of drug-likeness (QED) is 0.842. The van der Waals surface area contributed by atoms with E-state index in [1.807, 2.05) is 12.1 Å². The van der Waals surface area contributed by atoms with Crippen LogP contribution in [0.2, 0.25) is 0 Å². The molecule has 5 heteroatoms. The zero-order valence-corrected chi connectivity index (χ0v) is 16.7. The van der Waals surface area contributed by atoms with Gasteiger partial charge >= 0.3 is 0 Å². The van der Waals surface area contributed by atoms with Gasteiger partial charge in [-0.2, -0.15) is 0 Å². The summed E-state index contributed by atoms with van der Waals surface area (Å²) in [6, 6.07) is 8.98. The minimum Gasteiger partial charge on any atom is -0.495 e. The van der Waals surface area contributed by atoms with Crippen LogP contribution >= 0.6 is 0 Å². The molecule has 2 heterocycles. The Labute approximate surface area is 158 Å². The summed E-state index contributed by atoms with van der Waals surface area (Å²) in [6.07, 6.45) is 2.56. The summed E-state index contributed by atoms with van der Waals surface area (Å²) in [5, 5.41) is 9.57. The molecule has 0 amide bonds. The van der Waals surface area contributed by atoms with Crippen molar-refractivity contribution in [3.05, 3.63) is 24.3 Å². The molecule has 0 aromatic heterocycles. The Balaban J connectivity index is 1.54. The number of para-hydroxylation sites is 2. The fraction of sp³-hybridized carbons (Fsp3) is 0.714. The summed E-state index contributed by atoms with van der Waals surface area (Å²) in [7, 11) is 1.75. The molecule has 0 bridgehead atoms. The Bertz CT molecular complexity index is 570. The van der Waals surface area contributed by atoms with Crippen LogP contribution in [-0.4, -0.2) is 80.5 Å². The van der Waals surface area contributed by atoms with Crippen molar-refractivity contribution < 1.29 is 9.84 Å². The Morgan fingerprint density at radius 1 is 1.12 bits per heavy atom. The van der Waals surface area contributed by atoms with Crippen molar-refractivity contribution in [3.8, 4) is 5.75 Å². The number of hydrogen-bond acceptors (Lipinski definition) is 5. The van der Waals surface area contributed by atoms with E-state index in [1.54, 1.807) is 7.11 Å². The van der Waals surface area contributed by atoms with Crippen LogP contribution in [0.5, 0.6) is 5.75 Å². The molecule has 2 aliphatic heterocycles. The van der Waals surface area contributed by atoms with Gasteiger partial charge in [0.15, 0.2) is 0 Å². The van der Waals surface area contributed by atoms with Crippen LogP contribution in [0.4, 0.5) is 5.69 Å². The van der Waals surface area contributed by atoms with Gasteiger partial charge in [-0.15, -0.1) is 0 Å². The lowest BCUT2D eigenvalue weighted by molar-refractivity contribution is 0.0502. The Hall–Kier alpha value is -1.30. The smallest absolute Gasteiger partial charge is 0.142 e. The maximum absolute atomic E-state index is 9.57. The van der Waals surface area contributed by atoms with E-state index in [2.05, 4.69) is 40.7 Å². The molecule has 0 saturated carbocycles. The third-order valence-corrected chi connectivity index (χ3v) is 5.82. The van der Waals surface area contributed by atoms with E-state index < -0.39 is 0 Å². The molecule has 1 aromatic carbocycles. The van der Waals surface area contributed by atoms with Crippen LogP contribution in [-0.2, 0) is 0 Å². The van der Waals surface area contributed by atoms with Crippen LogP contribution in [0.15, 0.2) is 24.3 Å². The fourth-order valence-corrected chi connectivity index (χ4v) is 4.35. The number of piperidine rings is 1. The van der Waals surface area contributed by atoms with Gasteiger partial charge in [0.2, 0.25) is 0 Å². The van der Waals surface area contributed by atoms with Gasteiger partial charge in [0.1, 0.15) is 5.75 Å². The highest BCUT2D eigenvalue weighted by molar-refractivity contribution is 5.58. The fourth-order valence-electron chi connectivity index (χ4n) is 4.35. The molecule has 2 fully saturated rings. The number of piperazine rings is 1. The van der Waals surface area contributed by atoms with Crippen LogP contribution < -0.4 is 9.64 Å². The van der Waals surface area contributed by atoms with Crippen molar-refractivity contribution in [1.29, 1.82) is 0 Å². The van der Waals surface area contributed by atoms with E-state index in [0.717, 1.165) is 45.0 Å². The molecular formula is C21H35N3O2. The first-order valence-electron chi connectivity index (χ1n) is 9.97. The monoisotopic (exact) mass is 361 g/mol. The number of methoxy groups -OCH3 is 1. The standard InChI is InChI=1S/C21H35N3O2/c1-21(2,17-25)16-22-10-6-7-18(15-22)23-11-13-24(14-12-23)19-8-4-5-9-20(19)26-3/h4-5,8-9,18,25H,6-7,10-17H2,1-3H3/t18-/m0/s1. The van der Waals surface area contributed by atoms with Crippen molar-refractivity contribution in [3.63, 3.8) is 0 Å². The summed E-state index contributed by atoms with van der Waals surface area (Å²) in [4.78, 5) is 7.67. The number of anilines is 1. The zero-order valence-electron chi connectivity index (χ0n) is 16.7. The predicted molar refractivity (Wildman–Crippen MR) is 107 cm³/mol. The predicted octanol–water partition coefficient (Wildman–Crippen LogP) is 2.30. The highest BCUT2D eigenvalue weighted by atomic mass is 16.5. The third kappa shape index (κ3) is 4.70. The molecule has 0 aliphatic carbocycles. The molecular weight excluding hydrogens is 326 g/mol. The van der Waals surface area contributed by atoms with Gasteiger partial charge in [-0.3, -0.25) is 4.90 Å². The van der Waals surface area contributed by atoms with Gasteiger partial charge in [-0.1, -0.05) is 26.0 Å². The number of likely N-dealkylation sites (tertiary alicyclic amines) is 1. The van der Waals surface area contributed by atoms with E-state index in [4.69, 9.17) is 4.74 Å². The van der Waals surface area contributed by atoms with Crippen LogP contribution in [0.25, 0.3) is 0 Å². The molecule has 3 rings (SSSR count). The molecule has 2 aliphatic rings. The average Bonchev–Trinajstić information content (AvgIpc) is 2.68. The number of aliphatic hydroxyl groups excluding tert-OH is 1. The number of hydrogen-bond donors (Lipinski definition) is 1. The molecule has 2 saturated heterocycles. The highest BCUT2D eigenvalue weighted by Gasteiger charge is 2.30. The number of ether oxygens (including phenoxy) is 1. The van der Waals surface area contributed by atoms with Crippen molar-refractivity contribution in [2.45, 2.75) is 32.7 Å². The lowest BCUT2D eigenvalue weighted by atomic mass is 9.92. The summed E-state index contributed by atoms with van der Waals surface area (Å²) in [5.41, 5.74) is 1.20. The van der Waals surface area contributed by atoms with Gasteiger partial charge in [0.05, 0.1) is 12.8 Å². The minimum absolute atomic E-state index is 0.00947. The van der Waals surface area contributed by atoms with E-state index in [1.165, 1.54) is 25.1 Å². The summed E-state index contributed by atoms with van der Waals surface area (Å²) in [6.45, 7) is 12.2. The Morgan fingerprint density at radius 3 is 2.54 bits per heavy atom. The third-order valence-electron chi connectivity index (χ3n) is 5.82. The lowest BCUT2D eigenvalue weighted by Crippen LogP contribution is -2.56. The minimum atomic E-state index is -0.00947. The first kappa shape index (κ1) is 19.5. The largest absolute Gasteiger partial charge is 0.495 e. The van der Waals surface area contributed by atoms with Crippen LogP contribution in [0, 0.1) is 5.41 Å². The maximum atomic E-state index is 9.57. The normalized spacial score (nSPS) is 23.2. The van der Waals surface area contributed by atoms with Gasteiger partial charge in [-0.25, -0.2) is 0 Å². The second-order valence-electron chi connectivity index (χ2n) is 8.55. The molecule has 1 atom stereocenters. The molecule has 0 unspecified atom stereocenters. The van der Waals surface area contributed by atoms with Crippen molar-refractivity contribution in [2.24, 2.45) is 5.41 Å². The van der Waals surface area contributed by atoms with E-state index >= 15 is 0 Å². The first-order valence-corrected chi connectivity index (χ1v) is 9.97. The van der Waals surface area contributed by atoms with E-state index in [-0.39, 0.29) is 12.0 Å². The number of benzene rings is 1.